The predicted octanol–water partition coefficient (Wildman–Crippen LogP) is 2.26. The number of nitrogens with zero attached hydrogens (tertiary/aromatic N) is 2. The number of aromatic nitrogens is 2. The van der Waals surface area contributed by atoms with E-state index in [9.17, 15) is 4.79 Å². The van der Waals surface area contributed by atoms with Crippen molar-refractivity contribution in [3.8, 4) is 0 Å². The van der Waals surface area contributed by atoms with Gasteiger partial charge < -0.3 is 5.32 Å². The molecule has 1 rings (SSSR count). The van der Waals surface area contributed by atoms with E-state index in [-0.39, 0.29) is 5.91 Å². The molecular formula is C12H20ClN3O. The van der Waals surface area contributed by atoms with Crippen LogP contribution in [0, 0.1) is 6.92 Å². The van der Waals surface area contributed by atoms with Gasteiger partial charge in [-0.1, -0.05) is 12.8 Å². The molecule has 5 heteroatoms. The molecule has 1 heterocycles. The van der Waals surface area contributed by atoms with Gasteiger partial charge in [-0.15, -0.1) is 11.6 Å². The van der Waals surface area contributed by atoms with Crippen LogP contribution in [0.4, 0.5) is 0 Å². The second kappa shape index (κ2) is 7.33. The number of nitrogens with one attached hydrogen (secondary N) is 1. The summed E-state index contributed by atoms with van der Waals surface area (Å²) in [5.41, 5.74) is 1.48. The highest BCUT2D eigenvalue weighted by molar-refractivity contribution is 6.17. The normalized spacial score (nSPS) is 10.5. The lowest BCUT2D eigenvalue weighted by atomic mass is 10.2. The summed E-state index contributed by atoms with van der Waals surface area (Å²) in [5, 5.41) is 7.04. The fourth-order valence-corrected chi connectivity index (χ4v) is 1.88. The third-order valence-electron chi connectivity index (χ3n) is 2.58. The van der Waals surface area contributed by atoms with Gasteiger partial charge in [0.05, 0.1) is 5.69 Å². The van der Waals surface area contributed by atoms with Crippen molar-refractivity contribution in [3.63, 3.8) is 0 Å². The lowest BCUT2D eigenvalue weighted by molar-refractivity contribution is 0.0943. The van der Waals surface area contributed by atoms with Crippen LogP contribution in [0.2, 0.25) is 0 Å². The summed E-state index contributed by atoms with van der Waals surface area (Å²) >= 11 is 5.59. The lowest BCUT2D eigenvalue weighted by Crippen LogP contribution is -2.26. The zero-order valence-corrected chi connectivity index (χ0v) is 11.3. The first-order chi connectivity index (χ1) is 8.15. The molecule has 0 saturated carbocycles. The second-order valence-electron chi connectivity index (χ2n) is 4.15. The van der Waals surface area contributed by atoms with Crippen LogP contribution in [0.5, 0.6) is 0 Å². The van der Waals surface area contributed by atoms with Crippen molar-refractivity contribution in [2.45, 2.75) is 32.6 Å². The fourth-order valence-electron chi connectivity index (χ4n) is 1.69. The number of hydrogen-bond donors (Lipinski definition) is 1. The van der Waals surface area contributed by atoms with Crippen molar-refractivity contribution < 1.29 is 4.79 Å². The van der Waals surface area contributed by atoms with Crippen molar-refractivity contribution in [3.05, 3.63) is 17.5 Å². The molecule has 0 aliphatic heterocycles. The summed E-state index contributed by atoms with van der Waals surface area (Å²) in [6.45, 7) is 2.59. The molecule has 0 unspecified atom stereocenters. The van der Waals surface area contributed by atoms with Crippen molar-refractivity contribution in [2.24, 2.45) is 7.05 Å². The van der Waals surface area contributed by atoms with Gasteiger partial charge in [0.15, 0.2) is 0 Å². The first kappa shape index (κ1) is 14.0. The Bertz CT molecular complexity index is 363. The number of rotatable bonds is 7. The highest BCUT2D eigenvalue weighted by Gasteiger charge is 2.10. The fraction of sp³-hybridized carbons (Fsp3) is 0.667. The van der Waals surface area contributed by atoms with Gasteiger partial charge >= 0.3 is 0 Å². The summed E-state index contributed by atoms with van der Waals surface area (Å²) in [5.74, 6) is 0.672. The first-order valence-corrected chi connectivity index (χ1v) is 6.53. The van der Waals surface area contributed by atoms with Gasteiger partial charge in [-0.3, -0.25) is 9.48 Å². The minimum atomic E-state index is -0.0505. The van der Waals surface area contributed by atoms with Gasteiger partial charge in [0.1, 0.15) is 5.69 Å². The van der Waals surface area contributed by atoms with Crippen molar-refractivity contribution in [1.29, 1.82) is 0 Å². The highest BCUT2D eigenvalue weighted by Crippen LogP contribution is 2.03. The average molecular weight is 258 g/mol. The molecule has 1 aromatic heterocycles. The SMILES string of the molecule is Cc1cc(C(=O)NCCCCCCCl)n(C)n1. The summed E-state index contributed by atoms with van der Waals surface area (Å²) in [4.78, 5) is 11.8. The van der Waals surface area contributed by atoms with Crippen LogP contribution in [-0.4, -0.2) is 28.1 Å². The topological polar surface area (TPSA) is 46.9 Å². The van der Waals surface area contributed by atoms with Gasteiger partial charge in [-0.05, 0) is 25.8 Å². The molecule has 1 N–H and O–H groups in total. The number of amides is 1. The quantitative estimate of drug-likeness (QED) is 0.602. The molecule has 0 aromatic carbocycles. The van der Waals surface area contributed by atoms with Crippen LogP contribution in [0.25, 0.3) is 0 Å². The first-order valence-electron chi connectivity index (χ1n) is 6.00. The van der Waals surface area contributed by atoms with Crippen LogP contribution in [0.1, 0.15) is 41.9 Å². The smallest absolute Gasteiger partial charge is 0.269 e. The van der Waals surface area contributed by atoms with Gasteiger partial charge in [-0.25, -0.2) is 0 Å². The average Bonchev–Trinajstić information content (AvgIpc) is 2.62. The third kappa shape index (κ3) is 4.77. The van der Waals surface area contributed by atoms with Crippen molar-refractivity contribution in [2.75, 3.05) is 12.4 Å². The largest absolute Gasteiger partial charge is 0.351 e. The van der Waals surface area contributed by atoms with E-state index in [1.54, 1.807) is 17.8 Å². The van der Waals surface area contributed by atoms with E-state index in [1.165, 1.54) is 0 Å². The Kier molecular flexibility index (Phi) is 6.05. The number of aryl methyl sites for hydroxylation is 2. The van der Waals surface area contributed by atoms with E-state index in [0.29, 0.717) is 12.2 Å². The number of halogens is 1. The number of hydrogen-bond acceptors (Lipinski definition) is 2. The van der Waals surface area contributed by atoms with E-state index in [2.05, 4.69) is 10.4 Å². The summed E-state index contributed by atoms with van der Waals surface area (Å²) < 4.78 is 1.61. The molecule has 1 aromatic rings. The maximum absolute atomic E-state index is 11.8. The van der Waals surface area contributed by atoms with Crippen LogP contribution in [0.15, 0.2) is 6.07 Å². The summed E-state index contributed by atoms with van der Waals surface area (Å²) in [6.07, 6.45) is 4.29. The molecule has 0 spiro atoms. The van der Waals surface area contributed by atoms with Gasteiger partial charge in [0.25, 0.3) is 5.91 Å². The number of alkyl halides is 1. The Hall–Kier alpha value is -1.03. The Morgan fingerprint density at radius 2 is 2.12 bits per heavy atom. The third-order valence-corrected chi connectivity index (χ3v) is 2.85. The Labute approximate surface area is 107 Å². The number of carbonyl (C=O) groups excluding carboxylic acids is 1. The molecule has 17 heavy (non-hydrogen) atoms. The zero-order chi connectivity index (χ0) is 12.7. The minimum absolute atomic E-state index is 0.0505. The summed E-state index contributed by atoms with van der Waals surface area (Å²) in [6, 6.07) is 1.79. The standard InChI is InChI=1S/C12H20ClN3O/c1-10-9-11(16(2)15-10)12(17)14-8-6-4-3-5-7-13/h9H,3-8H2,1-2H3,(H,14,17). The van der Waals surface area contributed by atoms with Gasteiger partial charge in [0, 0.05) is 19.5 Å². The zero-order valence-electron chi connectivity index (χ0n) is 10.5. The van der Waals surface area contributed by atoms with Crippen LogP contribution >= 0.6 is 11.6 Å². The van der Waals surface area contributed by atoms with Crippen molar-refractivity contribution >= 4 is 17.5 Å². The van der Waals surface area contributed by atoms with E-state index in [1.807, 2.05) is 6.92 Å². The lowest BCUT2D eigenvalue weighted by Gasteiger charge is -2.04. The molecule has 0 atom stereocenters. The number of unbranched alkanes of at least 4 members (excludes halogenated alkanes) is 3. The molecule has 4 nitrogen and oxygen atoms in total. The molecule has 1 amide bonds. The molecule has 0 aliphatic rings. The van der Waals surface area contributed by atoms with E-state index in [0.717, 1.165) is 37.3 Å². The molecule has 0 aliphatic carbocycles. The van der Waals surface area contributed by atoms with Gasteiger partial charge in [-0.2, -0.15) is 5.10 Å². The monoisotopic (exact) mass is 257 g/mol. The summed E-state index contributed by atoms with van der Waals surface area (Å²) in [7, 11) is 1.78. The Morgan fingerprint density at radius 1 is 1.41 bits per heavy atom. The maximum Gasteiger partial charge on any atom is 0.269 e. The molecular weight excluding hydrogens is 238 g/mol. The molecule has 96 valence electrons. The van der Waals surface area contributed by atoms with E-state index >= 15 is 0 Å². The van der Waals surface area contributed by atoms with Crippen LogP contribution in [0.3, 0.4) is 0 Å². The Balaban J connectivity index is 2.23. The highest BCUT2D eigenvalue weighted by atomic mass is 35.5. The predicted molar refractivity (Wildman–Crippen MR) is 69.5 cm³/mol. The number of carbonyl (C=O) groups is 1. The molecule has 0 bridgehead atoms. The van der Waals surface area contributed by atoms with E-state index < -0.39 is 0 Å². The maximum atomic E-state index is 11.8. The van der Waals surface area contributed by atoms with Crippen molar-refractivity contribution in [1.82, 2.24) is 15.1 Å². The second-order valence-corrected chi connectivity index (χ2v) is 4.53. The van der Waals surface area contributed by atoms with Gasteiger partial charge in [0.2, 0.25) is 0 Å². The van der Waals surface area contributed by atoms with E-state index in [4.69, 9.17) is 11.6 Å². The molecule has 0 radical (unpaired) electrons. The molecule has 0 fully saturated rings. The van der Waals surface area contributed by atoms with Crippen LogP contribution in [-0.2, 0) is 7.05 Å². The minimum Gasteiger partial charge on any atom is -0.351 e. The Morgan fingerprint density at radius 3 is 2.71 bits per heavy atom. The molecule has 0 saturated heterocycles. The van der Waals surface area contributed by atoms with Crippen LogP contribution < -0.4 is 5.32 Å².